The van der Waals surface area contributed by atoms with E-state index in [-0.39, 0.29) is 28.6 Å². The minimum atomic E-state index is -0.552. The number of esters is 1. The minimum Gasteiger partial charge on any atom is -0.454 e. The summed E-state index contributed by atoms with van der Waals surface area (Å²) in [4.78, 5) is 21.8. The number of carbonyl (C=O) groups is 1. The van der Waals surface area contributed by atoms with Gasteiger partial charge in [0.1, 0.15) is 5.60 Å². The van der Waals surface area contributed by atoms with Gasteiger partial charge in [0.2, 0.25) is 0 Å². The van der Waals surface area contributed by atoms with Gasteiger partial charge in [0.15, 0.2) is 0 Å². The lowest BCUT2D eigenvalue weighted by molar-refractivity contribution is -0.152. The standard InChI is InChI=1S/C40H61Cl2N3O2/c1-7-44-24(3)37(31-21-27(41)15-19-35(31)44)33(38-25(4)45(8-2)36-20-16-28(42)22-32(36)38)23-40(26-13-17-29(18-14-26)43(5)6)34-12-10-9-11-30(34)39(46)47-40/h23,26-32,34-36H,7-22H2,1-6H3. The summed E-state index contributed by atoms with van der Waals surface area (Å²) < 4.78 is 7.02. The molecule has 4 aliphatic carbocycles. The van der Waals surface area contributed by atoms with Gasteiger partial charge in [0.25, 0.3) is 0 Å². The SMILES string of the molecule is CCN1C(C)=C(C(=CC2(C3CCC(N(C)C)CC3)OC(=O)C3CCCCC32)C2=C(C)N(CC)C3CCC(Cl)CC23)C2CC(Cl)CCC21. The topological polar surface area (TPSA) is 36.0 Å². The third kappa shape index (κ3) is 5.73. The van der Waals surface area contributed by atoms with E-state index in [0.29, 0.717) is 35.9 Å². The minimum absolute atomic E-state index is 0.0358. The van der Waals surface area contributed by atoms with Crippen LogP contribution in [0.25, 0.3) is 0 Å². The molecular formula is C40H61Cl2N3O2. The van der Waals surface area contributed by atoms with Crippen molar-refractivity contribution < 1.29 is 9.53 Å². The molecule has 0 radical (unpaired) electrons. The van der Waals surface area contributed by atoms with Gasteiger partial charge in [-0.05, 0) is 142 Å². The van der Waals surface area contributed by atoms with E-state index in [0.717, 1.165) is 83.7 Å². The number of halogens is 2. The molecule has 47 heavy (non-hydrogen) atoms. The highest BCUT2D eigenvalue weighted by Gasteiger charge is 2.60. The molecule has 3 heterocycles. The number of ether oxygens (including phenoxy) is 1. The molecular weight excluding hydrogens is 625 g/mol. The molecule has 7 aliphatic rings. The molecule has 3 aliphatic heterocycles. The second-order valence-corrected chi connectivity index (χ2v) is 17.8. The zero-order valence-corrected chi connectivity index (χ0v) is 31.6. The summed E-state index contributed by atoms with van der Waals surface area (Å²) in [6.07, 6.45) is 18.2. The van der Waals surface area contributed by atoms with E-state index in [4.69, 9.17) is 27.9 Å². The van der Waals surface area contributed by atoms with E-state index < -0.39 is 5.60 Å². The lowest BCUT2D eigenvalue weighted by Crippen LogP contribution is -2.47. The Kier molecular flexibility index (Phi) is 9.86. The Morgan fingerprint density at radius 1 is 0.787 bits per heavy atom. The molecule has 0 amide bonds. The molecule has 0 aromatic rings. The maximum atomic E-state index is 14.0. The van der Waals surface area contributed by atoms with Crippen molar-refractivity contribution in [1.82, 2.24) is 14.7 Å². The molecule has 1 saturated heterocycles. The summed E-state index contributed by atoms with van der Waals surface area (Å²) in [7, 11) is 4.45. The predicted molar refractivity (Wildman–Crippen MR) is 193 cm³/mol. The van der Waals surface area contributed by atoms with Crippen molar-refractivity contribution in [3.05, 3.63) is 34.2 Å². The van der Waals surface area contributed by atoms with E-state index in [9.17, 15) is 4.79 Å². The van der Waals surface area contributed by atoms with Crippen molar-refractivity contribution in [3.8, 4) is 0 Å². The first-order chi connectivity index (χ1) is 22.6. The van der Waals surface area contributed by atoms with Gasteiger partial charge in [-0.2, -0.15) is 0 Å². The maximum Gasteiger partial charge on any atom is 0.310 e. The fourth-order valence-corrected chi connectivity index (χ4v) is 12.8. The molecule has 9 unspecified atom stereocenters. The van der Waals surface area contributed by atoms with Gasteiger partial charge in [0, 0.05) is 77.0 Å². The number of hydrogen-bond donors (Lipinski definition) is 0. The summed E-state index contributed by atoms with van der Waals surface area (Å²) in [6, 6.07) is 1.61. The third-order valence-electron chi connectivity index (χ3n) is 14.3. The Hall–Kier alpha value is -1.17. The van der Waals surface area contributed by atoms with Crippen molar-refractivity contribution in [2.24, 2.45) is 29.6 Å². The molecule has 5 fully saturated rings. The summed E-state index contributed by atoms with van der Waals surface area (Å²) in [6.45, 7) is 11.5. The molecule has 0 aromatic heterocycles. The Bertz CT molecular complexity index is 1240. The van der Waals surface area contributed by atoms with E-state index in [1.165, 1.54) is 47.4 Å². The van der Waals surface area contributed by atoms with E-state index in [1.54, 1.807) is 0 Å². The van der Waals surface area contributed by atoms with Crippen molar-refractivity contribution >= 4 is 29.2 Å². The van der Waals surface area contributed by atoms with Crippen LogP contribution >= 0.6 is 23.2 Å². The number of allylic oxidation sites excluding steroid dienone is 3. The van der Waals surface area contributed by atoms with Crippen LogP contribution in [-0.2, 0) is 9.53 Å². The van der Waals surface area contributed by atoms with Crippen LogP contribution in [0, 0.1) is 29.6 Å². The number of rotatable bonds is 7. The van der Waals surface area contributed by atoms with Gasteiger partial charge in [-0.1, -0.05) is 12.8 Å². The monoisotopic (exact) mass is 685 g/mol. The van der Waals surface area contributed by atoms with Crippen LogP contribution < -0.4 is 0 Å². The Morgan fingerprint density at radius 2 is 1.32 bits per heavy atom. The van der Waals surface area contributed by atoms with E-state index in [2.05, 4.69) is 62.6 Å². The average Bonchev–Trinajstić information content (AvgIpc) is 3.62. The van der Waals surface area contributed by atoms with E-state index >= 15 is 0 Å². The van der Waals surface area contributed by atoms with Crippen LogP contribution in [0.2, 0.25) is 0 Å². The molecule has 7 rings (SSSR count). The number of cyclic esters (lactones) is 1. The van der Waals surface area contributed by atoms with Crippen LogP contribution in [-0.4, -0.2) is 82.3 Å². The quantitative estimate of drug-likeness (QED) is 0.198. The molecule has 9 atom stereocenters. The fraction of sp³-hybridized carbons (Fsp3) is 0.825. The zero-order chi connectivity index (χ0) is 33.2. The average molecular weight is 687 g/mol. The molecule has 7 heteroatoms. The molecule has 262 valence electrons. The molecule has 0 N–H and O–H groups in total. The lowest BCUT2D eigenvalue weighted by Gasteiger charge is -2.45. The van der Waals surface area contributed by atoms with Gasteiger partial charge < -0.3 is 19.4 Å². The summed E-state index contributed by atoms with van der Waals surface area (Å²) >= 11 is 14.1. The predicted octanol–water partition coefficient (Wildman–Crippen LogP) is 8.91. The van der Waals surface area contributed by atoms with Gasteiger partial charge in [-0.25, -0.2) is 0 Å². The first kappa shape index (κ1) is 34.3. The number of nitrogens with zero attached hydrogens (tertiary/aromatic N) is 3. The normalized spacial score (nSPS) is 42.1. The lowest BCUT2D eigenvalue weighted by atomic mass is 9.62. The second kappa shape index (κ2) is 13.5. The van der Waals surface area contributed by atoms with Gasteiger partial charge in [-0.3, -0.25) is 4.79 Å². The summed E-state index contributed by atoms with van der Waals surface area (Å²) in [5.41, 5.74) is 6.76. The first-order valence-electron chi connectivity index (χ1n) is 19.4. The Morgan fingerprint density at radius 3 is 1.83 bits per heavy atom. The van der Waals surface area contributed by atoms with Crippen LogP contribution in [0.15, 0.2) is 34.2 Å². The number of alkyl halides is 2. The molecule has 4 saturated carbocycles. The fourth-order valence-electron chi connectivity index (χ4n) is 12.1. The van der Waals surface area contributed by atoms with Crippen LogP contribution in [0.4, 0.5) is 0 Å². The highest BCUT2D eigenvalue weighted by atomic mass is 35.5. The summed E-state index contributed by atoms with van der Waals surface area (Å²) in [5, 5.41) is 0.416. The molecule has 0 aromatic carbocycles. The van der Waals surface area contributed by atoms with Crippen LogP contribution in [0.3, 0.4) is 0 Å². The van der Waals surface area contributed by atoms with Crippen molar-refractivity contribution in [2.45, 2.75) is 152 Å². The zero-order valence-electron chi connectivity index (χ0n) is 30.1. The van der Waals surface area contributed by atoms with Crippen LogP contribution in [0.5, 0.6) is 0 Å². The van der Waals surface area contributed by atoms with Crippen molar-refractivity contribution in [1.29, 1.82) is 0 Å². The number of fused-ring (bicyclic) bond motifs is 3. The molecule has 5 nitrogen and oxygen atoms in total. The van der Waals surface area contributed by atoms with E-state index in [1.807, 2.05) is 0 Å². The maximum absolute atomic E-state index is 14.0. The Balaban J connectivity index is 1.44. The van der Waals surface area contributed by atoms with Gasteiger partial charge in [-0.15, -0.1) is 23.2 Å². The molecule has 0 bridgehead atoms. The first-order valence-corrected chi connectivity index (χ1v) is 20.3. The Labute approximate surface area is 295 Å². The van der Waals surface area contributed by atoms with Crippen molar-refractivity contribution in [3.63, 3.8) is 0 Å². The number of hydrogen-bond acceptors (Lipinski definition) is 5. The van der Waals surface area contributed by atoms with Gasteiger partial charge >= 0.3 is 5.97 Å². The number of carbonyl (C=O) groups excluding carboxylic acids is 1. The largest absolute Gasteiger partial charge is 0.454 e. The smallest absolute Gasteiger partial charge is 0.310 e. The highest BCUT2D eigenvalue weighted by Crippen LogP contribution is 2.58. The van der Waals surface area contributed by atoms with Gasteiger partial charge in [0.05, 0.1) is 5.92 Å². The second-order valence-electron chi connectivity index (χ2n) is 16.5. The molecule has 0 spiro atoms. The van der Waals surface area contributed by atoms with Crippen molar-refractivity contribution in [2.75, 3.05) is 27.2 Å². The highest BCUT2D eigenvalue weighted by molar-refractivity contribution is 6.21. The summed E-state index contributed by atoms with van der Waals surface area (Å²) in [5.74, 6) is 1.54. The van der Waals surface area contributed by atoms with Crippen LogP contribution in [0.1, 0.15) is 118 Å². The third-order valence-corrected chi connectivity index (χ3v) is 15.1.